The standard InChI is InChI=1S/C14H18O5/c1-5-19-14(16)9(2)8-10-6-7-11(17-3)12(15)13(10)18-4/h6-8,15H,5H2,1-4H3. The Bertz CT molecular complexity index is 491. The summed E-state index contributed by atoms with van der Waals surface area (Å²) in [5.74, 6) is 0.0565. The van der Waals surface area contributed by atoms with Gasteiger partial charge in [0, 0.05) is 11.1 Å². The van der Waals surface area contributed by atoms with E-state index >= 15 is 0 Å². The van der Waals surface area contributed by atoms with Crippen LogP contribution in [-0.2, 0) is 9.53 Å². The predicted molar refractivity (Wildman–Crippen MR) is 71.5 cm³/mol. The van der Waals surface area contributed by atoms with Crippen molar-refractivity contribution < 1.29 is 24.1 Å². The second-order valence-electron chi connectivity index (χ2n) is 3.79. The first-order valence-electron chi connectivity index (χ1n) is 5.84. The molecule has 1 rings (SSSR count). The number of rotatable bonds is 5. The zero-order valence-corrected chi connectivity index (χ0v) is 11.5. The number of benzene rings is 1. The highest BCUT2D eigenvalue weighted by Crippen LogP contribution is 2.39. The Morgan fingerprint density at radius 1 is 1.32 bits per heavy atom. The number of esters is 1. The van der Waals surface area contributed by atoms with Crippen molar-refractivity contribution in [3.05, 3.63) is 23.3 Å². The SMILES string of the molecule is CCOC(=O)C(C)=Cc1ccc(OC)c(O)c1OC. The number of carbonyl (C=O) groups is 1. The summed E-state index contributed by atoms with van der Waals surface area (Å²) in [5.41, 5.74) is 0.996. The van der Waals surface area contributed by atoms with Crippen LogP contribution in [0.2, 0.25) is 0 Å². The summed E-state index contributed by atoms with van der Waals surface area (Å²) in [6, 6.07) is 3.29. The molecule has 0 aromatic heterocycles. The maximum Gasteiger partial charge on any atom is 0.333 e. The average molecular weight is 266 g/mol. The van der Waals surface area contributed by atoms with Gasteiger partial charge in [-0.1, -0.05) is 0 Å². The number of phenolic OH excluding ortho intramolecular Hbond substituents is 1. The fraction of sp³-hybridized carbons (Fsp3) is 0.357. The first-order valence-corrected chi connectivity index (χ1v) is 5.84. The van der Waals surface area contributed by atoms with Gasteiger partial charge in [-0.15, -0.1) is 0 Å². The van der Waals surface area contributed by atoms with Crippen molar-refractivity contribution in [1.82, 2.24) is 0 Å². The quantitative estimate of drug-likeness (QED) is 0.654. The fourth-order valence-electron chi connectivity index (χ4n) is 1.60. The average Bonchev–Trinajstić information content (AvgIpc) is 2.39. The van der Waals surface area contributed by atoms with E-state index in [4.69, 9.17) is 14.2 Å². The highest BCUT2D eigenvalue weighted by atomic mass is 16.5. The van der Waals surface area contributed by atoms with Crippen LogP contribution < -0.4 is 9.47 Å². The molecule has 0 aliphatic rings. The van der Waals surface area contributed by atoms with Crippen LogP contribution in [0, 0.1) is 0 Å². The molecule has 19 heavy (non-hydrogen) atoms. The Morgan fingerprint density at radius 3 is 2.53 bits per heavy atom. The molecule has 0 aliphatic carbocycles. The molecule has 5 heteroatoms. The summed E-state index contributed by atoms with van der Waals surface area (Å²) in [4.78, 5) is 11.5. The third-order valence-electron chi connectivity index (χ3n) is 2.52. The van der Waals surface area contributed by atoms with Crippen molar-refractivity contribution in [3.63, 3.8) is 0 Å². The molecule has 0 radical (unpaired) electrons. The van der Waals surface area contributed by atoms with Gasteiger partial charge in [-0.2, -0.15) is 0 Å². The minimum Gasteiger partial charge on any atom is -0.502 e. The van der Waals surface area contributed by atoms with Crippen molar-refractivity contribution >= 4 is 12.0 Å². The number of methoxy groups -OCH3 is 2. The summed E-state index contributed by atoms with van der Waals surface area (Å²) in [6.45, 7) is 3.69. The lowest BCUT2D eigenvalue weighted by Crippen LogP contribution is -2.05. The first kappa shape index (κ1) is 14.9. The fourth-order valence-corrected chi connectivity index (χ4v) is 1.60. The minimum atomic E-state index is -0.403. The number of phenols is 1. The van der Waals surface area contributed by atoms with E-state index in [1.807, 2.05) is 0 Å². The normalized spacial score (nSPS) is 11.1. The molecular weight excluding hydrogens is 248 g/mol. The largest absolute Gasteiger partial charge is 0.502 e. The molecule has 5 nitrogen and oxygen atoms in total. The van der Waals surface area contributed by atoms with Crippen molar-refractivity contribution in [2.45, 2.75) is 13.8 Å². The van der Waals surface area contributed by atoms with Gasteiger partial charge in [-0.3, -0.25) is 0 Å². The Morgan fingerprint density at radius 2 is 2.00 bits per heavy atom. The van der Waals surface area contributed by atoms with Crippen molar-refractivity contribution in [2.24, 2.45) is 0 Å². The van der Waals surface area contributed by atoms with E-state index in [0.717, 1.165) is 0 Å². The number of aromatic hydroxyl groups is 1. The highest BCUT2D eigenvalue weighted by Gasteiger charge is 2.14. The van der Waals surface area contributed by atoms with E-state index in [1.165, 1.54) is 14.2 Å². The second kappa shape index (κ2) is 6.68. The van der Waals surface area contributed by atoms with Crippen LogP contribution in [0.5, 0.6) is 17.2 Å². The Kier molecular flexibility index (Phi) is 5.23. The molecule has 0 heterocycles. The number of hydrogen-bond acceptors (Lipinski definition) is 5. The molecule has 0 aliphatic heterocycles. The van der Waals surface area contributed by atoms with Crippen LogP contribution in [0.1, 0.15) is 19.4 Å². The lowest BCUT2D eigenvalue weighted by molar-refractivity contribution is -0.138. The summed E-state index contributed by atoms with van der Waals surface area (Å²) in [5, 5.41) is 9.93. The summed E-state index contributed by atoms with van der Waals surface area (Å²) >= 11 is 0. The molecule has 0 fully saturated rings. The van der Waals surface area contributed by atoms with Gasteiger partial charge >= 0.3 is 5.97 Å². The molecule has 0 atom stereocenters. The third kappa shape index (κ3) is 3.40. The smallest absolute Gasteiger partial charge is 0.333 e. The molecular formula is C14H18O5. The Balaban J connectivity index is 3.17. The van der Waals surface area contributed by atoms with Crippen molar-refractivity contribution in [2.75, 3.05) is 20.8 Å². The Hall–Kier alpha value is -2.17. The third-order valence-corrected chi connectivity index (χ3v) is 2.52. The molecule has 0 amide bonds. The van der Waals surface area contributed by atoms with E-state index in [9.17, 15) is 9.90 Å². The van der Waals surface area contributed by atoms with Crippen LogP contribution >= 0.6 is 0 Å². The zero-order valence-electron chi connectivity index (χ0n) is 11.5. The molecule has 0 spiro atoms. The van der Waals surface area contributed by atoms with E-state index in [0.29, 0.717) is 23.5 Å². The maximum absolute atomic E-state index is 11.5. The summed E-state index contributed by atoms with van der Waals surface area (Å²) < 4.78 is 15.0. The molecule has 1 N–H and O–H groups in total. The van der Waals surface area contributed by atoms with Gasteiger partial charge in [-0.25, -0.2) is 4.79 Å². The van der Waals surface area contributed by atoms with Gasteiger partial charge in [0.1, 0.15) is 0 Å². The van der Waals surface area contributed by atoms with Crippen LogP contribution in [0.15, 0.2) is 17.7 Å². The molecule has 0 saturated carbocycles. The second-order valence-corrected chi connectivity index (χ2v) is 3.79. The van der Waals surface area contributed by atoms with Crippen LogP contribution in [-0.4, -0.2) is 31.9 Å². The van der Waals surface area contributed by atoms with Gasteiger partial charge in [0.15, 0.2) is 11.5 Å². The molecule has 0 saturated heterocycles. The highest BCUT2D eigenvalue weighted by molar-refractivity contribution is 5.93. The zero-order chi connectivity index (χ0) is 14.4. The van der Waals surface area contributed by atoms with E-state index in [2.05, 4.69) is 0 Å². The van der Waals surface area contributed by atoms with E-state index in [1.54, 1.807) is 32.1 Å². The number of hydrogen-bond donors (Lipinski definition) is 1. The number of carbonyl (C=O) groups excluding carboxylic acids is 1. The lowest BCUT2D eigenvalue weighted by Gasteiger charge is -2.11. The maximum atomic E-state index is 11.5. The van der Waals surface area contributed by atoms with Gasteiger partial charge in [0.2, 0.25) is 5.75 Å². The van der Waals surface area contributed by atoms with Gasteiger partial charge in [-0.05, 0) is 32.1 Å². The topological polar surface area (TPSA) is 65.0 Å². The minimum absolute atomic E-state index is 0.101. The van der Waals surface area contributed by atoms with E-state index < -0.39 is 5.97 Å². The van der Waals surface area contributed by atoms with Crippen molar-refractivity contribution in [1.29, 1.82) is 0 Å². The van der Waals surface area contributed by atoms with Crippen LogP contribution in [0.25, 0.3) is 6.08 Å². The predicted octanol–water partition coefficient (Wildman–Crippen LogP) is 2.38. The summed E-state index contributed by atoms with van der Waals surface area (Å²) in [6.07, 6.45) is 1.59. The van der Waals surface area contributed by atoms with Crippen LogP contribution in [0.4, 0.5) is 0 Å². The van der Waals surface area contributed by atoms with Gasteiger partial charge < -0.3 is 19.3 Å². The molecule has 0 bridgehead atoms. The van der Waals surface area contributed by atoms with Gasteiger partial charge in [0.25, 0.3) is 0 Å². The lowest BCUT2D eigenvalue weighted by atomic mass is 10.1. The summed E-state index contributed by atoms with van der Waals surface area (Å²) in [7, 11) is 2.89. The molecule has 104 valence electrons. The monoisotopic (exact) mass is 266 g/mol. The van der Waals surface area contributed by atoms with Crippen molar-refractivity contribution in [3.8, 4) is 17.2 Å². The Labute approximate surface area is 112 Å². The molecule has 1 aromatic rings. The first-order chi connectivity index (χ1) is 9.04. The van der Waals surface area contributed by atoms with Crippen LogP contribution in [0.3, 0.4) is 0 Å². The molecule has 0 unspecified atom stereocenters. The number of ether oxygens (including phenoxy) is 3. The van der Waals surface area contributed by atoms with Gasteiger partial charge in [0.05, 0.1) is 20.8 Å². The van der Waals surface area contributed by atoms with E-state index in [-0.39, 0.29) is 11.5 Å². The molecule has 1 aromatic carbocycles.